The topological polar surface area (TPSA) is 96.8 Å². The number of nitrogens with zero attached hydrogens (tertiary/aromatic N) is 3. The lowest BCUT2D eigenvalue weighted by Crippen LogP contribution is -2.12. The van der Waals surface area contributed by atoms with Gasteiger partial charge in [-0.25, -0.2) is 9.97 Å². The number of nitriles is 1. The van der Waals surface area contributed by atoms with E-state index in [9.17, 15) is 5.26 Å². The van der Waals surface area contributed by atoms with Gasteiger partial charge in [0.1, 0.15) is 35.3 Å². The quantitative estimate of drug-likeness (QED) is 0.870. The SMILES string of the molecule is COc1c(C(C)Nc2ncnc(N)c2C#N)cc(Cl)c(Cl)c1C. The highest BCUT2D eigenvalue weighted by Gasteiger charge is 2.20. The Bertz CT molecular complexity index is 788. The van der Waals surface area contributed by atoms with Gasteiger partial charge >= 0.3 is 0 Å². The van der Waals surface area contributed by atoms with E-state index in [1.807, 2.05) is 19.9 Å². The number of hydrogen-bond donors (Lipinski definition) is 2. The first kappa shape index (κ1) is 17.1. The molecule has 120 valence electrons. The molecule has 0 aliphatic heterocycles. The second kappa shape index (κ2) is 6.90. The summed E-state index contributed by atoms with van der Waals surface area (Å²) in [6, 6.07) is 3.47. The highest BCUT2D eigenvalue weighted by Crippen LogP contribution is 2.39. The molecule has 1 atom stereocenters. The van der Waals surface area contributed by atoms with Crippen molar-refractivity contribution < 1.29 is 4.74 Å². The molecule has 2 aromatic rings. The highest BCUT2D eigenvalue weighted by molar-refractivity contribution is 6.42. The van der Waals surface area contributed by atoms with E-state index in [2.05, 4.69) is 15.3 Å². The Labute approximate surface area is 144 Å². The van der Waals surface area contributed by atoms with Crippen molar-refractivity contribution in [2.45, 2.75) is 19.9 Å². The summed E-state index contributed by atoms with van der Waals surface area (Å²) in [7, 11) is 1.56. The van der Waals surface area contributed by atoms with E-state index < -0.39 is 0 Å². The summed E-state index contributed by atoms with van der Waals surface area (Å²) in [5.41, 5.74) is 7.42. The molecule has 3 N–H and O–H groups in total. The van der Waals surface area contributed by atoms with E-state index in [0.29, 0.717) is 21.6 Å². The van der Waals surface area contributed by atoms with Gasteiger partial charge in [0.2, 0.25) is 0 Å². The van der Waals surface area contributed by atoms with Crippen molar-refractivity contribution in [2.75, 3.05) is 18.2 Å². The van der Waals surface area contributed by atoms with Gasteiger partial charge in [0.25, 0.3) is 0 Å². The molecule has 1 aromatic carbocycles. The largest absolute Gasteiger partial charge is 0.496 e. The van der Waals surface area contributed by atoms with Crippen LogP contribution in [0.15, 0.2) is 12.4 Å². The number of halogens is 2. The number of nitrogen functional groups attached to an aromatic ring is 1. The first-order valence-electron chi connectivity index (χ1n) is 6.70. The number of ether oxygens (including phenoxy) is 1. The van der Waals surface area contributed by atoms with E-state index in [-0.39, 0.29) is 17.4 Å². The molecule has 1 unspecified atom stereocenters. The summed E-state index contributed by atoms with van der Waals surface area (Å²) in [5, 5.41) is 13.2. The highest BCUT2D eigenvalue weighted by atomic mass is 35.5. The van der Waals surface area contributed by atoms with Gasteiger partial charge < -0.3 is 15.8 Å². The van der Waals surface area contributed by atoms with Gasteiger partial charge in [0, 0.05) is 11.1 Å². The van der Waals surface area contributed by atoms with Gasteiger partial charge in [-0.3, -0.25) is 0 Å². The van der Waals surface area contributed by atoms with E-state index in [4.69, 9.17) is 33.7 Å². The molecule has 0 amide bonds. The summed E-state index contributed by atoms with van der Waals surface area (Å²) in [5.74, 6) is 1.09. The minimum Gasteiger partial charge on any atom is -0.496 e. The summed E-state index contributed by atoms with van der Waals surface area (Å²) in [6.45, 7) is 3.72. The Morgan fingerprint density at radius 1 is 1.39 bits per heavy atom. The molecule has 0 saturated heterocycles. The van der Waals surface area contributed by atoms with Crippen LogP contribution in [0.3, 0.4) is 0 Å². The summed E-state index contributed by atoms with van der Waals surface area (Å²) in [4.78, 5) is 7.87. The molecule has 0 radical (unpaired) electrons. The lowest BCUT2D eigenvalue weighted by Gasteiger charge is -2.21. The molecule has 1 heterocycles. The molecule has 0 spiro atoms. The Hall–Kier alpha value is -2.23. The van der Waals surface area contributed by atoms with Gasteiger partial charge in [-0.1, -0.05) is 23.2 Å². The number of methoxy groups -OCH3 is 1. The van der Waals surface area contributed by atoms with Crippen molar-refractivity contribution in [1.29, 1.82) is 5.26 Å². The van der Waals surface area contributed by atoms with Crippen LogP contribution < -0.4 is 15.8 Å². The molecule has 0 aliphatic carbocycles. The molecule has 0 bridgehead atoms. The average molecular weight is 352 g/mol. The predicted molar refractivity (Wildman–Crippen MR) is 90.9 cm³/mol. The summed E-state index contributed by atoms with van der Waals surface area (Å²) >= 11 is 12.3. The number of anilines is 2. The maximum absolute atomic E-state index is 9.19. The van der Waals surface area contributed by atoms with Crippen LogP contribution in [-0.2, 0) is 0 Å². The normalized spacial score (nSPS) is 11.7. The van der Waals surface area contributed by atoms with Crippen LogP contribution in [-0.4, -0.2) is 17.1 Å². The predicted octanol–water partition coefficient (Wildman–Crippen LogP) is 3.73. The van der Waals surface area contributed by atoms with Crippen LogP contribution in [0.25, 0.3) is 0 Å². The number of rotatable bonds is 4. The number of nitrogens with one attached hydrogen (secondary N) is 1. The molecule has 6 nitrogen and oxygen atoms in total. The standard InChI is InChI=1S/C15H15Cl2N5O/c1-7-12(17)11(16)4-9(13(7)23-3)8(2)22-15-10(5-18)14(19)20-6-21-15/h4,6,8H,1-3H3,(H3,19,20,21,22). The third kappa shape index (κ3) is 3.26. The Kier molecular flexibility index (Phi) is 5.14. The fourth-order valence-electron chi connectivity index (χ4n) is 2.26. The van der Waals surface area contributed by atoms with E-state index >= 15 is 0 Å². The minimum absolute atomic E-state index is 0.120. The second-order valence-electron chi connectivity index (χ2n) is 4.88. The zero-order chi connectivity index (χ0) is 17.1. The van der Waals surface area contributed by atoms with Gasteiger partial charge in [0.15, 0.2) is 0 Å². The maximum Gasteiger partial charge on any atom is 0.150 e. The van der Waals surface area contributed by atoms with Crippen LogP contribution in [0.2, 0.25) is 10.0 Å². The Morgan fingerprint density at radius 3 is 2.70 bits per heavy atom. The van der Waals surface area contributed by atoms with Crippen molar-refractivity contribution in [3.05, 3.63) is 39.1 Å². The summed E-state index contributed by atoms with van der Waals surface area (Å²) in [6.07, 6.45) is 1.29. The van der Waals surface area contributed by atoms with E-state index in [1.54, 1.807) is 13.2 Å². The first-order chi connectivity index (χ1) is 10.9. The Morgan fingerprint density at radius 2 is 2.09 bits per heavy atom. The van der Waals surface area contributed by atoms with Gasteiger partial charge in [-0.05, 0) is 19.9 Å². The van der Waals surface area contributed by atoms with Crippen molar-refractivity contribution in [2.24, 2.45) is 0 Å². The zero-order valence-corrected chi connectivity index (χ0v) is 14.3. The van der Waals surface area contributed by atoms with Crippen LogP contribution in [0.4, 0.5) is 11.6 Å². The monoisotopic (exact) mass is 351 g/mol. The lowest BCUT2D eigenvalue weighted by atomic mass is 10.0. The van der Waals surface area contributed by atoms with Crippen LogP contribution in [0.5, 0.6) is 5.75 Å². The van der Waals surface area contributed by atoms with Gasteiger partial charge in [0.05, 0.1) is 23.2 Å². The number of hydrogen-bond acceptors (Lipinski definition) is 6. The fourth-order valence-corrected chi connectivity index (χ4v) is 2.65. The molecule has 23 heavy (non-hydrogen) atoms. The number of benzene rings is 1. The van der Waals surface area contributed by atoms with E-state index in [1.165, 1.54) is 6.33 Å². The van der Waals surface area contributed by atoms with Crippen LogP contribution in [0, 0.1) is 18.3 Å². The van der Waals surface area contributed by atoms with Gasteiger partial charge in [-0.15, -0.1) is 0 Å². The molecule has 0 fully saturated rings. The smallest absolute Gasteiger partial charge is 0.150 e. The van der Waals surface area contributed by atoms with Crippen molar-refractivity contribution >= 4 is 34.8 Å². The summed E-state index contributed by atoms with van der Waals surface area (Å²) < 4.78 is 5.45. The molecule has 2 rings (SSSR count). The lowest BCUT2D eigenvalue weighted by molar-refractivity contribution is 0.405. The molecular weight excluding hydrogens is 337 g/mol. The van der Waals surface area contributed by atoms with Crippen LogP contribution in [0.1, 0.15) is 29.7 Å². The molecule has 0 saturated carbocycles. The first-order valence-corrected chi connectivity index (χ1v) is 7.45. The number of nitrogens with two attached hydrogens (primary N) is 1. The van der Waals surface area contributed by atoms with E-state index in [0.717, 1.165) is 11.1 Å². The third-order valence-corrected chi connectivity index (χ3v) is 4.32. The van der Waals surface area contributed by atoms with Crippen molar-refractivity contribution in [1.82, 2.24) is 9.97 Å². The van der Waals surface area contributed by atoms with Crippen molar-refractivity contribution in [3.63, 3.8) is 0 Å². The Balaban J connectivity index is 2.45. The maximum atomic E-state index is 9.19. The molecule has 8 heteroatoms. The third-order valence-electron chi connectivity index (χ3n) is 3.44. The van der Waals surface area contributed by atoms with Crippen LogP contribution >= 0.6 is 23.2 Å². The number of aromatic nitrogens is 2. The zero-order valence-electron chi connectivity index (χ0n) is 12.8. The molecule has 0 aliphatic rings. The van der Waals surface area contributed by atoms with Crippen molar-refractivity contribution in [3.8, 4) is 11.8 Å². The molecular formula is C15H15Cl2N5O. The minimum atomic E-state index is -0.250. The fraction of sp³-hybridized carbons (Fsp3) is 0.267. The average Bonchev–Trinajstić information content (AvgIpc) is 2.52. The van der Waals surface area contributed by atoms with Gasteiger partial charge in [-0.2, -0.15) is 5.26 Å². The molecule has 1 aromatic heterocycles. The second-order valence-corrected chi connectivity index (χ2v) is 5.67.